The molecule has 0 bridgehead atoms. The Morgan fingerprint density at radius 2 is 1.86 bits per heavy atom. The molecule has 1 atom stereocenters. The number of carbonyl (C=O) groups is 2. The minimum Gasteiger partial charge on any atom is -0.374 e. The molecule has 2 heterocycles. The van der Waals surface area contributed by atoms with Crippen molar-refractivity contribution in [2.24, 2.45) is 5.92 Å². The van der Waals surface area contributed by atoms with Gasteiger partial charge in [0.15, 0.2) is 0 Å². The summed E-state index contributed by atoms with van der Waals surface area (Å²) >= 11 is 0. The molecule has 4 rings (SSSR count). The van der Waals surface area contributed by atoms with E-state index in [-0.39, 0.29) is 30.0 Å². The highest BCUT2D eigenvalue weighted by Crippen LogP contribution is 2.29. The normalized spacial score (nSPS) is 19.9. The van der Waals surface area contributed by atoms with Crippen LogP contribution in [0, 0.1) is 5.92 Å². The predicted octanol–water partition coefficient (Wildman–Crippen LogP) is 1.65. The SMILES string of the molecule is O=C1CN(C(=O)c2ccc(=O)[nH]c2)CC(OCC2CC2)CN1Cc1ccccc1. The lowest BCUT2D eigenvalue weighted by atomic mass is 10.2. The molecular weight excluding hydrogens is 370 g/mol. The molecule has 29 heavy (non-hydrogen) atoms. The van der Waals surface area contributed by atoms with E-state index in [9.17, 15) is 14.4 Å². The number of nitrogens with zero attached hydrogens (tertiary/aromatic N) is 2. The molecule has 1 saturated carbocycles. The number of hydrogen-bond acceptors (Lipinski definition) is 4. The van der Waals surface area contributed by atoms with Gasteiger partial charge in [-0.25, -0.2) is 0 Å². The third-order valence-electron chi connectivity index (χ3n) is 5.33. The number of amides is 2. The zero-order chi connectivity index (χ0) is 20.2. The predicted molar refractivity (Wildman–Crippen MR) is 107 cm³/mol. The maximum absolute atomic E-state index is 12.9. The summed E-state index contributed by atoms with van der Waals surface area (Å²) in [6.45, 7) is 1.95. The first-order chi connectivity index (χ1) is 14.1. The van der Waals surface area contributed by atoms with E-state index in [2.05, 4.69) is 4.98 Å². The van der Waals surface area contributed by atoms with Crippen molar-refractivity contribution in [3.8, 4) is 0 Å². The molecule has 1 aliphatic carbocycles. The summed E-state index contributed by atoms with van der Waals surface area (Å²) in [5.74, 6) is 0.209. The van der Waals surface area contributed by atoms with Crippen LogP contribution in [0.4, 0.5) is 0 Å². The Morgan fingerprint density at radius 1 is 1.07 bits per heavy atom. The lowest BCUT2D eigenvalue weighted by Crippen LogP contribution is -2.40. The standard InChI is InChI=1S/C22H25N3O4/c26-20-9-8-18(10-23-20)22(28)25-13-19(29-15-17-6-7-17)12-24(21(27)14-25)11-16-4-2-1-3-5-16/h1-5,8-10,17,19H,6-7,11-15H2,(H,23,26). The van der Waals surface area contributed by atoms with Crippen molar-refractivity contribution in [3.63, 3.8) is 0 Å². The van der Waals surface area contributed by atoms with Crippen LogP contribution >= 0.6 is 0 Å². The maximum Gasteiger partial charge on any atom is 0.255 e. The van der Waals surface area contributed by atoms with Crippen molar-refractivity contribution >= 4 is 11.8 Å². The first-order valence-corrected chi connectivity index (χ1v) is 10.00. The second kappa shape index (κ2) is 8.61. The zero-order valence-corrected chi connectivity index (χ0v) is 16.3. The van der Waals surface area contributed by atoms with Gasteiger partial charge in [-0.3, -0.25) is 14.4 Å². The average molecular weight is 395 g/mol. The number of nitrogens with one attached hydrogen (secondary N) is 1. The van der Waals surface area contributed by atoms with Crippen molar-refractivity contribution < 1.29 is 14.3 Å². The summed E-state index contributed by atoms with van der Waals surface area (Å²) in [6.07, 6.45) is 3.51. The minimum atomic E-state index is -0.281. The van der Waals surface area contributed by atoms with Gasteiger partial charge in [0, 0.05) is 38.5 Å². The lowest BCUT2D eigenvalue weighted by Gasteiger charge is -2.25. The fraction of sp³-hybridized carbons (Fsp3) is 0.409. The molecule has 7 nitrogen and oxygen atoms in total. The van der Waals surface area contributed by atoms with E-state index in [4.69, 9.17) is 4.74 Å². The molecule has 0 spiro atoms. The molecule has 152 valence electrons. The van der Waals surface area contributed by atoms with Crippen molar-refractivity contribution in [1.82, 2.24) is 14.8 Å². The van der Waals surface area contributed by atoms with Crippen LogP contribution in [0.1, 0.15) is 28.8 Å². The molecule has 2 aliphatic rings. The number of carbonyl (C=O) groups excluding carboxylic acids is 2. The van der Waals surface area contributed by atoms with Crippen LogP contribution in [0.25, 0.3) is 0 Å². The Morgan fingerprint density at radius 3 is 2.55 bits per heavy atom. The summed E-state index contributed by atoms with van der Waals surface area (Å²) < 4.78 is 6.09. The van der Waals surface area contributed by atoms with E-state index in [1.165, 1.54) is 36.1 Å². The van der Waals surface area contributed by atoms with Gasteiger partial charge >= 0.3 is 0 Å². The van der Waals surface area contributed by atoms with Crippen LogP contribution in [0.2, 0.25) is 0 Å². The third-order valence-corrected chi connectivity index (χ3v) is 5.33. The van der Waals surface area contributed by atoms with Gasteiger partial charge in [-0.05, 0) is 30.4 Å². The Hall–Kier alpha value is -2.93. The van der Waals surface area contributed by atoms with Crippen LogP contribution in [-0.4, -0.2) is 58.9 Å². The van der Waals surface area contributed by atoms with Crippen LogP contribution < -0.4 is 5.56 Å². The van der Waals surface area contributed by atoms with Gasteiger partial charge in [-0.2, -0.15) is 0 Å². The van der Waals surface area contributed by atoms with Crippen LogP contribution in [0.3, 0.4) is 0 Å². The number of ether oxygens (including phenoxy) is 1. The summed E-state index contributed by atoms with van der Waals surface area (Å²) in [4.78, 5) is 43.0. The van der Waals surface area contributed by atoms with Gasteiger partial charge in [0.1, 0.15) is 6.54 Å². The van der Waals surface area contributed by atoms with Crippen molar-refractivity contribution in [3.05, 3.63) is 70.1 Å². The van der Waals surface area contributed by atoms with Crippen LogP contribution in [0.5, 0.6) is 0 Å². The van der Waals surface area contributed by atoms with Gasteiger partial charge in [0.05, 0.1) is 11.7 Å². The number of pyridine rings is 1. The molecule has 2 fully saturated rings. The molecule has 1 aliphatic heterocycles. The van der Waals surface area contributed by atoms with E-state index in [0.717, 1.165) is 5.56 Å². The highest BCUT2D eigenvalue weighted by molar-refractivity contribution is 5.96. The molecule has 1 unspecified atom stereocenters. The van der Waals surface area contributed by atoms with Gasteiger partial charge in [-0.1, -0.05) is 30.3 Å². The molecule has 1 N–H and O–H groups in total. The van der Waals surface area contributed by atoms with Gasteiger partial charge in [-0.15, -0.1) is 0 Å². The van der Waals surface area contributed by atoms with E-state index in [1.807, 2.05) is 30.3 Å². The van der Waals surface area contributed by atoms with Crippen molar-refractivity contribution in [2.45, 2.75) is 25.5 Å². The topological polar surface area (TPSA) is 82.7 Å². The summed E-state index contributed by atoms with van der Waals surface area (Å²) in [5.41, 5.74) is 1.13. The zero-order valence-electron chi connectivity index (χ0n) is 16.3. The maximum atomic E-state index is 12.9. The molecule has 2 amide bonds. The Bertz CT molecular complexity index is 903. The van der Waals surface area contributed by atoms with E-state index >= 15 is 0 Å². The molecule has 1 aromatic heterocycles. The Labute approximate surface area is 169 Å². The number of H-pyrrole nitrogens is 1. The Balaban J connectivity index is 1.51. The number of aromatic amines is 1. The smallest absolute Gasteiger partial charge is 0.255 e. The van der Waals surface area contributed by atoms with Crippen molar-refractivity contribution in [2.75, 3.05) is 26.2 Å². The lowest BCUT2D eigenvalue weighted by molar-refractivity contribution is -0.132. The fourth-order valence-corrected chi connectivity index (χ4v) is 3.48. The quantitative estimate of drug-likeness (QED) is 0.806. The second-order valence-electron chi connectivity index (χ2n) is 7.79. The molecular formula is C22H25N3O4. The molecule has 7 heteroatoms. The van der Waals surface area contributed by atoms with Gasteiger partial charge in [0.25, 0.3) is 5.91 Å². The summed E-state index contributed by atoms with van der Waals surface area (Å²) in [6, 6.07) is 12.6. The van der Waals surface area contributed by atoms with E-state index in [0.29, 0.717) is 37.7 Å². The summed E-state index contributed by atoms with van der Waals surface area (Å²) in [5, 5.41) is 0. The average Bonchev–Trinajstić information content (AvgIpc) is 3.56. The third kappa shape index (κ3) is 5.12. The minimum absolute atomic E-state index is 0.00587. The first-order valence-electron chi connectivity index (χ1n) is 10.00. The van der Waals surface area contributed by atoms with Crippen molar-refractivity contribution in [1.29, 1.82) is 0 Å². The number of rotatable bonds is 6. The fourth-order valence-electron chi connectivity index (χ4n) is 3.48. The van der Waals surface area contributed by atoms with Gasteiger partial charge < -0.3 is 19.5 Å². The highest BCUT2D eigenvalue weighted by atomic mass is 16.5. The monoisotopic (exact) mass is 395 g/mol. The van der Waals surface area contributed by atoms with Crippen LogP contribution in [-0.2, 0) is 16.1 Å². The second-order valence-corrected chi connectivity index (χ2v) is 7.79. The number of aromatic nitrogens is 1. The first kappa shape index (κ1) is 19.4. The van der Waals surface area contributed by atoms with Crippen LogP contribution in [0.15, 0.2) is 53.5 Å². The Kier molecular flexibility index (Phi) is 5.76. The van der Waals surface area contributed by atoms with Gasteiger partial charge in [0.2, 0.25) is 11.5 Å². The molecule has 0 radical (unpaired) electrons. The molecule has 2 aromatic rings. The number of benzene rings is 1. The number of hydrogen-bond donors (Lipinski definition) is 1. The highest BCUT2D eigenvalue weighted by Gasteiger charge is 2.32. The van der Waals surface area contributed by atoms with E-state index < -0.39 is 0 Å². The molecule has 1 aromatic carbocycles. The summed E-state index contributed by atoms with van der Waals surface area (Å²) in [7, 11) is 0. The molecule has 1 saturated heterocycles. The van der Waals surface area contributed by atoms with E-state index in [1.54, 1.807) is 4.90 Å². The largest absolute Gasteiger partial charge is 0.374 e.